The molecule has 0 bridgehead atoms. The number of rotatable bonds is 11. The summed E-state index contributed by atoms with van der Waals surface area (Å²) in [4.78, 5) is 39.5. The van der Waals surface area contributed by atoms with E-state index < -0.39 is 0 Å². The summed E-state index contributed by atoms with van der Waals surface area (Å²) in [6.45, 7) is 3.78. The molecule has 2 amide bonds. The molecule has 1 saturated heterocycles. The molecule has 10 heteroatoms. The van der Waals surface area contributed by atoms with Gasteiger partial charge in [0.25, 0.3) is 11.8 Å². The molecule has 0 spiro atoms. The SMILES string of the molecule is CN1CCc2[nH]c(-c3ccnc([C@H](C[C@H](CNC(=O)c4ccccc4O)c4ccccc4)N4CCOCC4)c3)c(Nc3ccccc3)c2C1=O. The van der Waals surface area contributed by atoms with Crippen molar-refractivity contribution in [2.75, 3.05) is 51.8 Å². The van der Waals surface area contributed by atoms with Gasteiger partial charge in [0.05, 0.1) is 47.5 Å². The number of hydrogen-bond donors (Lipinski definition) is 4. The summed E-state index contributed by atoms with van der Waals surface area (Å²) in [6, 6.07) is 30.7. The number of phenolic OH excluding ortho intramolecular Hbond substituents is 1. The zero-order valence-corrected chi connectivity index (χ0v) is 28.1. The number of H-pyrrole nitrogens is 1. The summed E-state index contributed by atoms with van der Waals surface area (Å²) >= 11 is 0. The topological polar surface area (TPSA) is 123 Å². The fourth-order valence-corrected chi connectivity index (χ4v) is 7.00. The molecule has 2 aliphatic heterocycles. The van der Waals surface area contributed by atoms with E-state index in [1.807, 2.05) is 67.8 Å². The van der Waals surface area contributed by atoms with Gasteiger partial charge in [0.15, 0.2) is 0 Å². The Morgan fingerprint density at radius 1 is 0.960 bits per heavy atom. The van der Waals surface area contributed by atoms with E-state index >= 15 is 0 Å². The second kappa shape index (κ2) is 15.0. The summed E-state index contributed by atoms with van der Waals surface area (Å²) in [5.74, 6) is -0.426. The monoisotopic (exact) mass is 670 g/mol. The number of para-hydroxylation sites is 2. The minimum atomic E-state index is -0.318. The molecule has 0 unspecified atom stereocenters. The van der Waals surface area contributed by atoms with Crippen molar-refractivity contribution < 1.29 is 19.4 Å². The van der Waals surface area contributed by atoms with Crippen molar-refractivity contribution in [3.63, 3.8) is 0 Å². The molecule has 3 aromatic carbocycles. The van der Waals surface area contributed by atoms with Gasteiger partial charge in [-0.2, -0.15) is 0 Å². The molecule has 0 aliphatic carbocycles. The van der Waals surface area contributed by atoms with Gasteiger partial charge in [0.2, 0.25) is 0 Å². The number of ether oxygens (including phenoxy) is 1. The van der Waals surface area contributed by atoms with Crippen LogP contribution in [0.4, 0.5) is 11.4 Å². The molecule has 10 nitrogen and oxygen atoms in total. The Balaban J connectivity index is 1.24. The Morgan fingerprint density at radius 2 is 1.68 bits per heavy atom. The van der Waals surface area contributed by atoms with Crippen molar-refractivity contribution in [2.45, 2.75) is 24.8 Å². The fourth-order valence-electron chi connectivity index (χ4n) is 7.00. The van der Waals surface area contributed by atoms with Gasteiger partial charge < -0.3 is 30.4 Å². The number of likely N-dealkylation sites (N-methyl/N-ethyl adjacent to an activating group) is 1. The van der Waals surface area contributed by atoms with Gasteiger partial charge in [0.1, 0.15) is 5.75 Å². The van der Waals surface area contributed by atoms with Gasteiger partial charge in [-0.1, -0.05) is 60.7 Å². The number of phenols is 1. The number of pyridine rings is 1. The van der Waals surface area contributed by atoms with Crippen LogP contribution in [0.1, 0.15) is 56.0 Å². The molecule has 50 heavy (non-hydrogen) atoms. The summed E-state index contributed by atoms with van der Waals surface area (Å²) < 4.78 is 5.75. The number of aromatic hydroxyl groups is 1. The molecule has 5 aromatic rings. The number of fused-ring (bicyclic) bond motifs is 1. The minimum absolute atomic E-state index is 0.00998. The molecule has 7 rings (SSSR count). The Labute approximate surface area is 292 Å². The Bertz CT molecular complexity index is 1940. The molecule has 2 aromatic heterocycles. The number of morpholine rings is 1. The molecule has 2 atom stereocenters. The third-order valence-corrected chi connectivity index (χ3v) is 9.71. The second-order valence-electron chi connectivity index (χ2n) is 12.9. The quantitative estimate of drug-likeness (QED) is 0.133. The predicted molar refractivity (Wildman–Crippen MR) is 194 cm³/mol. The maximum atomic E-state index is 13.5. The van der Waals surface area contributed by atoms with Crippen molar-refractivity contribution in [2.24, 2.45) is 0 Å². The molecule has 2 aliphatic rings. The number of amides is 2. The molecule has 4 N–H and O–H groups in total. The lowest BCUT2D eigenvalue weighted by molar-refractivity contribution is 0.0118. The van der Waals surface area contributed by atoms with Gasteiger partial charge >= 0.3 is 0 Å². The molecule has 4 heterocycles. The van der Waals surface area contributed by atoms with Crippen molar-refractivity contribution >= 4 is 23.2 Å². The van der Waals surface area contributed by atoms with Crippen LogP contribution in [0.25, 0.3) is 11.3 Å². The summed E-state index contributed by atoms with van der Waals surface area (Å²) in [7, 11) is 1.84. The highest BCUT2D eigenvalue weighted by molar-refractivity contribution is 6.06. The number of carbonyl (C=O) groups excluding carboxylic acids is 2. The maximum Gasteiger partial charge on any atom is 0.257 e. The standard InChI is InChI=1S/C40H42N6O4/c1-45-19-17-32-36(40(45)49)38(43-30-12-6-3-7-13-30)37(44-32)28-16-18-41-33(24-28)34(46-20-22-50-23-21-46)25-29(27-10-4-2-5-11-27)26-42-39(48)31-14-8-9-15-35(31)47/h2-16,18,24,29,34,43-44,47H,17,19-23,25-26H2,1H3,(H,42,48)/t29-,34+/m1/s1. The van der Waals surface area contributed by atoms with Gasteiger partial charge in [-0.15, -0.1) is 0 Å². The van der Waals surface area contributed by atoms with Crippen LogP contribution < -0.4 is 10.6 Å². The number of hydrogen-bond acceptors (Lipinski definition) is 7. The first kappa shape index (κ1) is 33.1. The minimum Gasteiger partial charge on any atom is -0.507 e. The van der Waals surface area contributed by atoms with Crippen LogP contribution in [0.2, 0.25) is 0 Å². The molecule has 1 fully saturated rings. The number of carbonyl (C=O) groups is 2. The van der Waals surface area contributed by atoms with Crippen LogP contribution in [-0.4, -0.2) is 83.1 Å². The number of nitrogens with zero attached hydrogens (tertiary/aromatic N) is 3. The van der Waals surface area contributed by atoms with E-state index in [2.05, 4.69) is 38.7 Å². The number of aromatic amines is 1. The smallest absolute Gasteiger partial charge is 0.257 e. The normalized spacial score (nSPS) is 16.0. The van der Waals surface area contributed by atoms with Crippen LogP contribution in [0.3, 0.4) is 0 Å². The first-order valence-corrected chi connectivity index (χ1v) is 17.2. The van der Waals surface area contributed by atoms with Gasteiger partial charge in [0, 0.05) is 68.7 Å². The van der Waals surface area contributed by atoms with Crippen LogP contribution in [-0.2, 0) is 11.2 Å². The Hall–Kier alpha value is -5.45. The third kappa shape index (κ3) is 7.12. The highest BCUT2D eigenvalue weighted by atomic mass is 16.5. The van der Waals surface area contributed by atoms with Gasteiger partial charge in [-0.3, -0.25) is 19.5 Å². The summed E-state index contributed by atoms with van der Waals surface area (Å²) in [6.07, 6.45) is 3.26. The highest BCUT2D eigenvalue weighted by Crippen LogP contribution is 2.40. The van der Waals surface area contributed by atoms with Gasteiger partial charge in [-0.25, -0.2) is 0 Å². The van der Waals surface area contributed by atoms with E-state index in [9.17, 15) is 14.7 Å². The van der Waals surface area contributed by atoms with E-state index in [0.717, 1.165) is 59.1 Å². The lowest BCUT2D eigenvalue weighted by Crippen LogP contribution is -2.40. The number of aromatic nitrogens is 2. The first-order chi connectivity index (χ1) is 24.5. The highest BCUT2D eigenvalue weighted by Gasteiger charge is 2.32. The Morgan fingerprint density at radius 3 is 2.44 bits per heavy atom. The van der Waals surface area contributed by atoms with E-state index in [0.29, 0.717) is 38.3 Å². The fraction of sp³-hybridized carbons (Fsp3) is 0.275. The summed E-state index contributed by atoms with van der Waals surface area (Å²) in [5.41, 5.74) is 7.29. The Kier molecular flexibility index (Phi) is 9.91. The molecule has 0 radical (unpaired) electrons. The van der Waals surface area contributed by atoms with E-state index in [1.165, 1.54) is 6.07 Å². The first-order valence-electron chi connectivity index (χ1n) is 17.2. The molecular weight excluding hydrogens is 628 g/mol. The van der Waals surface area contributed by atoms with Crippen LogP contribution >= 0.6 is 0 Å². The number of benzene rings is 3. The third-order valence-electron chi connectivity index (χ3n) is 9.71. The van der Waals surface area contributed by atoms with Crippen molar-refractivity contribution in [3.8, 4) is 17.0 Å². The molecular formula is C40H42N6O4. The average molecular weight is 671 g/mol. The van der Waals surface area contributed by atoms with Crippen LogP contribution in [0, 0.1) is 0 Å². The molecule has 256 valence electrons. The zero-order valence-electron chi connectivity index (χ0n) is 28.1. The van der Waals surface area contributed by atoms with Crippen molar-refractivity contribution in [3.05, 3.63) is 131 Å². The largest absolute Gasteiger partial charge is 0.507 e. The van der Waals surface area contributed by atoms with Crippen LogP contribution in [0.5, 0.6) is 5.75 Å². The molecule has 0 saturated carbocycles. The van der Waals surface area contributed by atoms with E-state index in [4.69, 9.17) is 9.72 Å². The lowest BCUT2D eigenvalue weighted by Gasteiger charge is -2.36. The zero-order chi connectivity index (χ0) is 34.5. The van der Waals surface area contributed by atoms with Crippen LogP contribution in [0.15, 0.2) is 103 Å². The average Bonchev–Trinajstić information content (AvgIpc) is 3.53. The number of nitrogens with one attached hydrogen (secondary N) is 3. The second-order valence-corrected chi connectivity index (χ2v) is 12.9. The van der Waals surface area contributed by atoms with E-state index in [-0.39, 0.29) is 35.1 Å². The van der Waals surface area contributed by atoms with Gasteiger partial charge in [-0.05, 0) is 48.4 Å². The lowest BCUT2D eigenvalue weighted by atomic mass is 9.89. The van der Waals surface area contributed by atoms with E-state index in [1.54, 1.807) is 23.1 Å². The summed E-state index contributed by atoms with van der Waals surface area (Å²) in [5, 5.41) is 17.0. The predicted octanol–water partition coefficient (Wildman–Crippen LogP) is 6.13. The van der Waals surface area contributed by atoms with Crippen molar-refractivity contribution in [1.29, 1.82) is 0 Å². The maximum absolute atomic E-state index is 13.5. The number of anilines is 2. The van der Waals surface area contributed by atoms with Crippen molar-refractivity contribution in [1.82, 2.24) is 25.1 Å².